The lowest BCUT2D eigenvalue weighted by atomic mass is 9.88. The number of halogens is 4. The third kappa shape index (κ3) is 4.29. The maximum atomic E-state index is 14.0. The summed E-state index contributed by atoms with van der Waals surface area (Å²) in [5.74, 6) is -0.855. The zero-order valence-electron chi connectivity index (χ0n) is 19.8. The van der Waals surface area contributed by atoms with Crippen LogP contribution in [0.25, 0.3) is 5.65 Å². The number of pyridine rings is 1. The van der Waals surface area contributed by atoms with Gasteiger partial charge in [0.2, 0.25) is 5.95 Å². The van der Waals surface area contributed by atoms with E-state index in [0.29, 0.717) is 17.8 Å². The van der Waals surface area contributed by atoms with Crippen LogP contribution in [0, 0.1) is 5.95 Å². The lowest BCUT2D eigenvalue weighted by molar-refractivity contribution is -0.171. The Morgan fingerprint density at radius 2 is 1.85 bits per heavy atom. The van der Waals surface area contributed by atoms with Gasteiger partial charge in [0.25, 0.3) is 0 Å². The Labute approximate surface area is 198 Å². The highest BCUT2D eigenvalue weighted by atomic mass is 32.2. The molecule has 0 radical (unpaired) electrons. The predicted molar refractivity (Wildman–Crippen MR) is 121 cm³/mol. The van der Waals surface area contributed by atoms with Crippen LogP contribution in [0.3, 0.4) is 0 Å². The molecule has 4 rings (SSSR count). The summed E-state index contributed by atoms with van der Waals surface area (Å²) in [4.78, 5) is 8.69. The van der Waals surface area contributed by atoms with E-state index >= 15 is 0 Å². The molecule has 34 heavy (non-hydrogen) atoms. The van der Waals surface area contributed by atoms with Crippen molar-refractivity contribution in [1.82, 2.24) is 23.9 Å². The number of rotatable bonds is 4. The van der Waals surface area contributed by atoms with Crippen LogP contribution in [-0.2, 0) is 16.8 Å². The van der Waals surface area contributed by atoms with E-state index in [1.807, 2.05) is 13.8 Å². The lowest BCUT2D eigenvalue weighted by Gasteiger charge is -2.35. The van der Waals surface area contributed by atoms with Crippen LogP contribution in [-0.4, -0.2) is 46.4 Å². The number of hydrogen-bond donors (Lipinski definition) is 0. The number of aromatic nitrogens is 4. The van der Waals surface area contributed by atoms with Gasteiger partial charge in [0.15, 0.2) is 11.7 Å². The molecular formula is C23H27F4N5OS. The Morgan fingerprint density at radius 3 is 2.41 bits per heavy atom. The van der Waals surface area contributed by atoms with Gasteiger partial charge < -0.3 is 4.55 Å². The average Bonchev–Trinajstić information content (AvgIpc) is 3.22. The van der Waals surface area contributed by atoms with Gasteiger partial charge in [-0.3, -0.25) is 4.98 Å². The maximum absolute atomic E-state index is 14.0. The van der Waals surface area contributed by atoms with Gasteiger partial charge in [-0.05, 0) is 33.3 Å². The van der Waals surface area contributed by atoms with Gasteiger partial charge in [0.05, 0.1) is 5.69 Å². The van der Waals surface area contributed by atoms with E-state index in [1.165, 1.54) is 29.9 Å². The molecule has 3 aromatic rings. The number of alkyl halides is 3. The van der Waals surface area contributed by atoms with Crippen LogP contribution >= 0.6 is 0 Å². The van der Waals surface area contributed by atoms with Crippen molar-refractivity contribution in [2.75, 3.05) is 7.05 Å². The van der Waals surface area contributed by atoms with Gasteiger partial charge in [0.1, 0.15) is 4.75 Å². The van der Waals surface area contributed by atoms with Gasteiger partial charge in [-0.2, -0.15) is 17.6 Å². The largest absolute Gasteiger partial charge is 0.597 e. The molecular weight excluding hydrogens is 470 g/mol. The highest BCUT2D eigenvalue weighted by Gasteiger charge is 2.50. The Kier molecular flexibility index (Phi) is 5.97. The summed E-state index contributed by atoms with van der Waals surface area (Å²) in [7, 11) is 1.21. The van der Waals surface area contributed by atoms with Crippen LogP contribution in [0.2, 0.25) is 0 Å². The first kappa shape index (κ1) is 24.9. The van der Waals surface area contributed by atoms with Crippen molar-refractivity contribution in [1.29, 1.82) is 0 Å². The van der Waals surface area contributed by atoms with Crippen LogP contribution in [0.5, 0.6) is 0 Å². The van der Waals surface area contributed by atoms with Gasteiger partial charge >= 0.3 is 6.18 Å². The summed E-state index contributed by atoms with van der Waals surface area (Å²) >= 11 is -1.88. The molecule has 11 heteroatoms. The van der Waals surface area contributed by atoms with Crippen molar-refractivity contribution in [3.05, 3.63) is 59.1 Å². The molecule has 0 N–H and O–H groups in total. The first-order chi connectivity index (χ1) is 15.6. The van der Waals surface area contributed by atoms with E-state index in [1.54, 1.807) is 33.0 Å². The maximum Gasteiger partial charge on any atom is 0.412 e. The standard InChI is InChI=1S/C23H27F4N5OS/c1-21(2,3)34(33)31(6)19(23(25,26)27)13-7-8-16(28-11-13)14-10-22(4,5)20-15(14)12-29-18-9-17(24)30-32(18)20/h7-9,11-12,14,19H,10H2,1-6H3/t14?,19-,34?/m0/s1. The SMILES string of the molecule is CN([C@@H](c1ccc(C2CC(C)(C)c3c2cnc2cc(F)nn32)nc1)C(F)(F)F)[S+]([O-])C(C)(C)C. The Hall–Kier alpha value is -2.24. The van der Waals surface area contributed by atoms with Crippen LogP contribution in [0.4, 0.5) is 17.6 Å². The predicted octanol–water partition coefficient (Wildman–Crippen LogP) is 5.07. The molecule has 0 saturated carbocycles. The van der Waals surface area contributed by atoms with Gasteiger partial charge in [-0.1, -0.05) is 19.9 Å². The second-order valence-corrected chi connectivity index (χ2v) is 12.6. The van der Waals surface area contributed by atoms with E-state index in [-0.39, 0.29) is 16.9 Å². The zero-order chi connectivity index (χ0) is 25.2. The molecule has 0 amide bonds. The molecule has 3 atom stereocenters. The molecule has 2 unspecified atom stereocenters. The summed E-state index contributed by atoms with van der Waals surface area (Å²) in [6, 6.07) is 2.16. The van der Waals surface area contributed by atoms with Gasteiger partial charge in [0, 0.05) is 65.0 Å². The summed E-state index contributed by atoms with van der Waals surface area (Å²) < 4.78 is 70.0. The topological polar surface area (TPSA) is 69.4 Å². The summed E-state index contributed by atoms with van der Waals surface area (Å²) in [6.45, 7) is 8.91. The van der Waals surface area contributed by atoms with E-state index in [0.717, 1.165) is 15.6 Å². The molecule has 0 saturated heterocycles. The van der Waals surface area contributed by atoms with Crippen LogP contribution < -0.4 is 0 Å². The van der Waals surface area contributed by atoms with Crippen molar-refractivity contribution >= 4 is 17.0 Å². The van der Waals surface area contributed by atoms with Gasteiger partial charge in [-0.15, -0.1) is 9.40 Å². The molecule has 0 aromatic carbocycles. The third-order valence-corrected chi connectivity index (χ3v) is 7.94. The lowest BCUT2D eigenvalue weighted by Crippen LogP contribution is -2.46. The zero-order valence-corrected chi connectivity index (χ0v) is 20.6. The third-order valence-electron chi connectivity index (χ3n) is 6.15. The Morgan fingerprint density at radius 1 is 1.18 bits per heavy atom. The smallest absolute Gasteiger partial charge is 0.412 e. The first-order valence-corrected chi connectivity index (χ1v) is 11.9. The molecule has 1 aliphatic rings. The van der Waals surface area contributed by atoms with E-state index in [2.05, 4.69) is 15.1 Å². The first-order valence-electron chi connectivity index (χ1n) is 10.8. The molecule has 3 heterocycles. The molecule has 0 fully saturated rings. The minimum absolute atomic E-state index is 0.0865. The molecule has 0 aliphatic heterocycles. The molecule has 0 spiro atoms. The van der Waals surface area contributed by atoms with Crippen molar-refractivity contribution in [3.63, 3.8) is 0 Å². The fraction of sp³-hybridized carbons (Fsp3) is 0.522. The second-order valence-electron chi connectivity index (χ2n) is 10.3. The summed E-state index contributed by atoms with van der Waals surface area (Å²) in [6.07, 6.45) is -1.15. The molecule has 0 bridgehead atoms. The average molecular weight is 498 g/mol. The van der Waals surface area contributed by atoms with E-state index < -0.39 is 34.3 Å². The van der Waals surface area contributed by atoms with E-state index in [4.69, 9.17) is 0 Å². The second kappa shape index (κ2) is 8.17. The summed E-state index contributed by atoms with van der Waals surface area (Å²) in [5.41, 5.74) is 2.15. The van der Waals surface area contributed by atoms with Crippen molar-refractivity contribution in [2.45, 2.75) is 69.3 Å². The van der Waals surface area contributed by atoms with Crippen molar-refractivity contribution in [3.8, 4) is 0 Å². The van der Waals surface area contributed by atoms with Crippen LogP contribution in [0.1, 0.15) is 75.5 Å². The monoisotopic (exact) mass is 497 g/mol. The van der Waals surface area contributed by atoms with Gasteiger partial charge in [-0.25, -0.2) is 9.50 Å². The molecule has 6 nitrogen and oxygen atoms in total. The highest BCUT2D eigenvalue weighted by molar-refractivity contribution is 7.90. The fourth-order valence-electron chi connectivity index (χ4n) is 4.75. The van der Waals surface area contributed by atoms with Crippen molar-refractivity contribution in [2.24, 2.45) is 0 Å². The number of hydrogen-bond acceptors (Lipinski definition) is 5. The fourth-order valence-corrected chi connectivity index (χ4v) is 6.05. The van der Waals surface area contributed by atoms with E-state index in [9.17, 15) is 22.1 Å². The molecule has 3 aromatic heterocycles. The van der Waals surface area contributed by atoms with Crippen LogP contribution in [0.15, 0.2) is 30.6 Å². The number of fused-ring (bicyclic) bond motifs is 3. The van der Waals surface area contributed by atoms with Crippen molar-refractivity contribution < 1.29 is 22.1 Å². The molecule has 1 aliphatic carbocycles. The quantitative estimate of drug-likeness (QED) is 0.372. The Bertz CT molecular complexity index is 1200. The summed E-state index contributed by atoms with van der Waals surface area (Å²) in [5, 5.41) is 3.94. The highest BCUT2D eigenvalue weighted by Crippen LogP contribution is 2.48. The normalized spacial score (nSPS) is 20.1. The minimum Gasteiger partial charge on any atom is -0.597 e. The Balaban J connectivity index is 1.71. The number of nitrogens with zero attached hydrogens (tertiary/aromatic N) is 5. The minimum atomic E-state index is -4.64. The molecule has 184 valence electrons.